The highest BCUT2D eigenvalue weighted by atomic mass is 32.2. The number of carboxylic acid groups (broad SMARTS) is 1. The van der Waals surface area contributed by atoms with Crippen LogP contribution in [-0.2, 0) is 9.59 Å². The summed E-state index contributed by atoms with van der Waals surface area (Å²) in [7, 11) is 1.57. The average Bonchev–Trinajstić information content (AvgIpc) is 2.15. The van der Waals surface area contributed by atoms with Crippen LogP contribution in [0.3, 0.4) is 0 Å². The van der Waals surface area contributed by atoms with Crippen molar-refractivity contribution in [3.05, 3.63) is 0 Å². The van der Waals surface area contributed by atoms with Gasteiger partial charge in [-0.25, -0.2) is 0 Å². The van der Waals surface area contributed by atoms with Gasteiger partial charge in [-0.2, -0.15) is 0 Å². The van der Waals surface area contributed by atoms with E-state index >= 15 is 0 Å². The van der Waals surface area contributed by atoms with Crippen LogP contribution in [0.2, 0.25) is 0 Å². The predicted octanol–water partition coefficient (Wildman–Crippen LogP) is -0.344. The third-order valence-corrected chi connectivity index (χ3v) is 2.92. The fourth-order valence-electron chi connectivity index (χ4n) is 0.774. The van der Waals surface area contributed by atoms with E-state index in [4.69, 9.17) is 10.8 Å². The van der Waals surface area contributed by atoms with Crippen LogP contribution >= 0.6 is 11.8 Å². The lowest BCUT2D eigenvalue weighted by atomic mass is 10.2. The highest BCUT2D eigenvalue weighted by molar-refractivity contribution is 8.00. The molecule has 1 amide bonds. The number of hydrogen-bond donors (Lipinski definition) is 3. The summed E-state index contributed by atoms with van der Waals surface area (Å²) in [5.74, 6) is -0.487. The number of thioether (sulfide) groups is 1. The molecule has 0 heterocycles. The maximum Gasteiger partial charge on any atom is 0.320 e. The zero-order valence-corrected chi connectivity index (χ0v) is 9.13. The summed E-state index contributed by atoms with van der Waals surface area (Å²) in [6.07, 6.45) is 0.376. The number of hydrogen-bond acceptors (Lipinski definition) is 4. The number of aliphatic carboxylic acids is 1. The number of carboxylic acids is 1. The molecule has 0 saturated heterocycles. The number of carbonyl (C=O) groups is 2. The number of amides is 1. The van der Waals surface area contributed by atoms with Crippen molar-refractivity contribution in [2.75, 3.05) is 12.8 Å². The van der Waals surface area contributed by atoms with Gasteiger partial charge in [-0.05, 0) is 19.1 Å². The molecule has 0 aliphatic carbocycles. The number of rotatable bonds is 6. The lowest BCUT2D eigenvalue weighted by Gasteiger charge is -2.10. The summed E-state index contributed by atoms with van der Waals surface area (Å²) in [6.45, 7) is 1.77. The third-order valence-electron chi connectivity index (χ3n) is 1.73. The number of carbonyl (C=O) groups excluding carboxylic acids is 1. The molecule has 0 rings (SSSR count). The van der Waals surface area contributed by atoms with Gasteiger partial charge in [0, 0.05) is 7.05 Å². The Labute approximate surface area is 87.4 Å². The Kier molecular flexibility index (Phi) is 6.31. The second-order valence-electron chi connectivity index (χ2n) is 2.86. The first-order valence-corrected chi connectivity index (χ1v) is 5.35. The van der Waals surface area contributed by atoms with Crippen LogP contribution in [-0.4, -0.2) is 41.1 Å². The Morgan fingerprint density at radius 1 is 1.57 bits per heavy atom. The molecule has 0 aromatic heterocycles. The molecule has 0 aliphatic heterocycles. The van der Waals surface area contributed by atoms with Crippen molar-refractivity contribution < 1.29 is 14.7 Å². The van der Waals surface area contributed by atoms with Crippen LogP contribution in [0.15, 0.2) is 0 Å². The van der Waals surface area contributed by atoms with Crippen molar-refractivity contribution >= 4 is 23.6 Å². The molecule has 0 saturated carbocycles. The smallest absolute Gasteiger partial charge is 0.320 e. The molecular formula is C8H16N2O3S. The van der Waals surface area contributed by atoms with Crippen LogP contribution in [0.5, 0.6) is 0 Å². The molecular weight excluding hydrogens is 204 g/mol. The SMILES string of the molecule is CNC(=O)C(C)SCCC(N)C(=O)O. The van der Waals surface area contributed by atoms with Crippen LogP contribution < -0.4 is 11.1 Å². The van der Waals surface area contributed by atoms with Crippen LogP contribution in [0.1, 0.15) is 13.3 Å². The lowest BCUT2D eigenvalue weighted by Crippen LogP contribution is -2.31. The van der Waals surface area contributed by atoms with E-state index in [1.807, 2.05) is 0 Å². The summed E-state index contributed by atoms with van der Waals surface area (Å²) in [5.41, 5.74) is 5.30. The fourth-order valence-corrected chi connectivity index (χ4v) is 1.79. The third kappa shape index (κ3) is 5.08. The number of nitrogens with one attached hydrogen (secondary N) is 1. The monoisotopic (exact) mass is 220 g/mol. The molecule has 2 unspecified atom stereocenters. The molecule has 0 spiro atoms. The van der Waals surface area contributed by atoms with Crippen LogP contribution in [0.4, 0.5) is 0 Å². The Hall–Kier alpha value is -0.750. The maximum absolute atomic E-state index is 11.0. The minimum Gasteiger partial charge on any atom is -0.480 e. The zero-order valence-electron chi connectivity index (χ0n) is 8.32. The van der Waals surface area contributed by atoms with Gasteiger partial charge in [-0.1, -0.05) is 0 Å². The summed E-state index contributed by atoms with van der Waals surface area (Å²) < 4.78 is 0. The van der Waals surface area contributed by atoms with Gasteiger partial charge in [0.15, 0.2) is 0 Å². The second-order valence-corrected chi connectivity index (χ2v) is 4.31. The number of nitrogens with two attached hydrogens (primary N) is 1. The predicted molar refractivity (Wildman–Crippen MR) is 56.2 cm³/mol. The van der Waals surface area contributed by atoms with E-state index in [0.717, 1.165) is 0 Å². The second kappa shape index (κ2) is 6.67. The Balaban J connectivity index is 3.64. The van der Waals surface area contributed by atoms with Crippen molar-refractivity contribution in [2.45, 2.75) is 24.6 Å². The highest BCUT2D eigenvalue weighted by Gasteiger charge is 2.14. The maximum atomic E-state index is 11.0. The molecule has 2 atom stereocenters. The van der Waals surface area contributed by atoms with Gasteiger partial charge in [0.1, 0.15) is 6.04 Å². The van der Waals surface area contributed by atoms with E-state index < -0.39 is 12.0 Å². The molecule has 82 valence electrons. The van der Waals surface area contributed by atoms with E-state index in [-0.39, 0.29) is 11.2 Å². The summed E-state index contributed by atoms with van der Waals surface area (Å²) in [6, 6.07) is -0.834. The minimum atomic E-state index is -1.00. The zero-order chi connectivity index (χ0) is 11.1. The Morgan fingerprint density at radius 2 is 2.14 bits per heavy atom. The Morgan fingerprint density at radius 3 is 2.57 bits per heavy atom. The standard InChI is InChI=1S/C8H16N2O3S/c1-5(7(11)10-2)14-4-3-6(9)8(12)13/h5-6H,3-4,9H2,1-2H3,(H,10,11)(H,12,13). The lowest BCUT2D eigenvalue weighted by molar-refractivity contribution is -0.138. The molecule has 4 N–H and O–H groups in total. The van der Waals surface area contributed by atoms with Crippen molar-refractivity contribution in [3.63, 3.8) is 0 Å². The van der Waals surface area contributed by atoms with E-state index in [1.54, 1.807) is 14.0 Å². The average molecular weight is 220 g/mol. The molecule has 0 radical (unpaired) electrons. The summed E-state index contributed by atoms with van der Waals surface area (Å²) in [5, 5.41) is 10.8. The quantitative estimate of drug-likeness (QED) is 0.569. The van der Waals surface area contributed by atoms with Crippen LogP contribution in [0, 0.1) is 0 Å². The van der Waals surface area contributed by atoms with E-state index in [2.05, 4.69) is 5.32 Å². The fraction of sp³-hybridized carbons (Fsp3) is 0.750. The highest BCUT2D eigenvalue weighted by Crippen LogP contribution is 2.12. The molecule has 0 aromatic rings. The molecule has 5 nitrogen and oxygen atoms in total. The topological polar surface area (TPSA) is 92.4 Å². The first kappa shape index (κ1) is 13.2. The van der Waals surface area contributed by atoms with Crippen molar-refractivity contribution in [1.82, 2.24) is 5.32 Å². The van der Waals surface area contributed by atoms with Gasteiger partial charge < -0.3 is 16.2 Å². The molecule has 0 fully saturated rings. The van der Waals surface area contributed by atoms with Gasteiger partial charge >= 0.3 is 5.97 Å². The first-order valence-electron chi connectivity index (χ1n) is 4.30. The van der Waals surface area contributed by atoms with E-state index in [9.17, 15) is 9.59 Å². The van der Waals surface area contributed by atoms with Crippen molar-refractivity contribution in [3.8, 4) is 0 Å². The van der Waals surface area contributed by atoms with Gasteiger partial charge in [-0.3, -0.25) is 9.59 Å². The van der Waals surface area contributed by atoms with E-state index in [0.29, 0.717) is 12.2 Å². The summed E-state index contributed by atoms with van der Waals surface area (Å²) >= 11 is 1.40. The molecule has 0 aliphatic rings. The van der Waals surface area contributed by atoms with Gasteiger partial charge in [0.25, 0.3) is 0 Å². The van der Waals surface area contributed by atoms with Crippen molar-refractivity contribution in [1.29, 1.82) is 0 Å². The first-order chi connectivity index (χ1) is 6.49. The molecule has 0 bridgehead atoms. The van der Waals surface area contributed by atoms with Gasteiger partial charge in [0.05, 0.1) is 5.25 Å². The van der Waals surface area contributed by atoms with Crippen molar-refractivity contribution in [2.24, 2.45) is 5.73 Å². The Bertz CT molecular complexity index is 211. The van der Waals surface area contributed by atoms with Crippen LogP contribution in [0.25, 0.3) is 0 Å². The molecule has 0 aromatic carbocycles. The minimum absolute atomic E-state index is 0.0566. The molecule has 6 heteroatoms. The van der Waals surface area contributed by atoms with E-state index in [1.165, 1.54) is 11.8 Å². The normalized spacial score (nSPS) is 14.5. The largest absolute Gasteiger partial charge is 0.480 e. The van der Waals surface area contributed by atoms with Gasteiger partial charge in [-0.15, -0.1) is 11.8 Å². The van der Waals surface area contributed by atoms with Gasteiger partial charge in [0.2, 0.25) is 5.91 Å². The summed E-state index contributed by atoms with van der Waals surface area (Å²) in [4.78, 5) is 21.4. The molecule has 14 heavy (non-hydrogen) atoms.